The van der Waals surface area contributed by atoms with E-state index in [0.717, 1.165) is 11.1 Å². The Hall–Kier alpha value is -3.49. The summed E-state index contributed by atoms with van der Waals surface area (Å²) >= 11 is 0. The highest BCUT2D eigenvalue weighted by molar-refractivity contribution is 5.92. The summed E-state index contributed by atoms with van der Waals surface area (Å²) in [6.45, 7) is 0.683. The van der Waals surface area contributed by atoms with Crippen molar-refractivity contribution in [3.63, 3.8) is 0 Å². The van der Waals surface area contributed by atoms with Crippen LogP contribution in [0.5, 0.6) is 0 Å². The molecule has 1 aromatic heterocycles. The zero-order valence-corrected chi connectivity index (χ0v) is 14.8. The van der Waals surface area contributed by atoms with Crippen LogP contribution in [0.1, 0.15) is 23.7 Å². The van der Waals surface area contributed by atoms with Crippen molar-refractivity contribution < 1.29 is 14.3 Å². The quantitative estimate of drug-likeness (QED) is 0.396. The topological polar surface area (TPSA) is 134 Å². The van der Waals surface area contributed by atoms with E-state index in [-0.39, 0.29) is 36.8 Å². The molecule has 1 fully saturated rings. The summed E-state index contributed by atoms with van der Waals surface area (Å²) in [4.78, 5) is 33.8. The number of urea groups is 1. The molecule has 9 nitrogen and oxygen atoms in total. The molecule has 4 N–H and O–H groups in total. The van der Waals surface area contributed by atoms with Gasteiger partial charge in [-0.05, 0) is 5.56 Å². The number of nitrogens with one attached hydrogen (secondary N) is 2. The fourth-order valence-corrected chi connectivity index (χ4v) is 3.01. The molecule has 9 heteroatoms. The highest BCUT2D eigenvalue weighted by Gasteiger charge is 2.33. The molecule has 3 rings (SSSR count). The minimum absolute atomic E-state index is 0.121. The first-order chi connectivity index (χ1) is 13.0. The number of nitrogens with two attached hydrogens (primary N) is 1. The largest absolute Gasteiger partial charge is 0.469 e. The van der Waals surface area contributed by atoms with Crippen molar-refractivity contribution in [1.29, 1.82) is 5.41 Å². The van der Waals surface area contributed by atoms with Gasteiger partial charge in [0.1, 0.15) is 11.5 Å². The van der Waals surface area contributed by atoms with Crippen LogP contribution in [0.3, 0.4) is 0 Å². The lowest BCUT2D eigenvalue weighted by atomic mass is 9.97. The Morgan fingerprint density at radius 1 is 1.37 bits per heavy atom. The molecule has 1 saturated heterocycles. The van der Waals surface area contributed by atoms with Crippen molar-refractivity contribution in [2.45, 2.75) is 12.5 Å². The number of aromatic nitrogens is 2. The van der Waals surface area contributed by atoms with E-state index < -0.39 is 0 Å². The van der Waals surface area contributed by atoms with E-state index in [9.17, 15) is 9.59 Å². The fourth-order valence-electron chi connectivity index (χ4n) is 3.01. The van der Waals surface area contributed by atoms with Crippen molar-refractivity contribution in [3.8, 4) is 11.3 Å². The van der Waals surface area contributed by atoms with Crippen LogP contribution in [0.4, 0.5) is 4.79 Å². The van der Waals surface area contributed by atoms with Crippen LogP contribution in [-0.4, -0.2) is 52.9 Å². The maximum Gasteiger partial charge on any atom is 0.318 e. The number of nitrogen functional groups attached to an aromatic ring is 1. The first kappa shape index (κ1) is 18.3. The molecule has 27 heavy (non-hydrogen) atoms. The average Bonchev–Trinajstić information content (AvgIpc) is 3.06. The molecule has 140 valence electrons. The van der Waals surface area contributed by atoms with Crippen LogP contribution in [-0.2, 0) is 9.53 Å². The third-order valence-electron chi connectivity index (χ3n) is 4.39. The molecule has 0 saturated carbocycles. The number of carbonyl (C=O) groups excluding carboxylic acids is 2. The number of carbonyl (C=O) groups is 2. The highest BCUT2D eigenvalue weighted by atomic mass is 16.5. The van der Waals surface area contributed by atoms with Gasteiger partial charge in [-0.1, -0.05) is 24.3 Å². The normalized spacial score (nSPS) is 16.1. The minimum atomic E-state index is -0.368. The summed E-state index contributed by atoms with van der Waals surface area (Å²) in [5.41, 5.74) is 8.06. The van der Waals surface area contributed by atoms with Crippen LogP contribution in [0.2, 0.25) is 0 Å². The first-order valence-electron chi connectivity index (χ1n) is 8.38. The number of nitrogens with zero attached hydrogens (tertiary/aromatic N) is 3. The molecule has 1 aliphatic heterocycles. The van der Waals surface area contributed by atoms with Crippen LogP contribution < -0.4 is 11.1 Å². The SMILES string of the molecule is COC(=O)CCN1C(=O)NCC1c1ccccc1-c1cnc(C(=N)N)cn1. The Morgan fingerprint density at radius 2 is 2.15 bits per heavy atom. The molecule has 1 aliphatic rings. The summed E-state index contributed by atoms with van der Waals surface area (Å²) in [6.07, 6.45) is 3.12. The lowest BCUT2D eigenvalue weighted by Gasteiger charge is -2.24. The van der Waals surface area contributed by atoms with Gasteiger partial charge in [0.05, 0.1) is 37.7 Å². The minimum Gasteiger partial charge on any atom is -0.469 e. The Bertz CT molecular complexity index is 868. The van der Waals surface area contributed by atoms with Crippen LogP contribution in [0.25, 0.3) is 11.3 Å². The number of hydrogen-bond donors (Lipinski definition) is 3. The molecule has 0 bridgehead atoms. The summed E-state index contributed by atoms with van der Waals surface area (Å²) in [7, 11) is 1.32. The van der Waals surface area contributed by atoms with Gasteiger partial charge in [-0.25, -0.2) is 9.78 Å². The number of amides is 2. The van der Waals surface area contributed by atoms with E-state index in [2.05, 4.69) is 20.0 Å². The summed E-state index contributed by atoms with van der Waals surface area (Å²) in [5, 5.41) is 10.2. The van der Waals surface area contributed by atoms with Gasteiger partial charge in [-0.15, -0.1) is 0 Å². The van der Waals surface area contributed by atoms with Gasteiger partial charge in [0.15, 0.2) is 0 Å². The number of amidine groups is 1. The van der Waals surface area contributed by atoms with Crippen molar-refractivity contribution in [2.75, 3.05) is 20.2 Å². The lowest BCUT2D eigenvalue weighted by Crippen LogP contribution is -2.32. The van der Waals surface area contributed by atoms with Crippen LogP contribution in [0.15, 0.2) is 36.7 Å². The second-order valence-electron chi connectivity index (χ2n) is 6.01. The monoisotopic (exact) mass is 368 g/mol. The van der Waals surface area contributed by atoms with E-state index in [1.165, 1.54) is 13.3 Å². The van der Waals surface area contributed by atoms with E-state index >= 15 is 0 Å². The molecule has 0 aliphatic carbocycles. The third-order valence-corrected chi connectivity index (χ3v) is 4.39. The van der Waals surface area contributed by atoms with Crippen molar-refractivity contribution in [1.82, 2.24) is 20.2 Å². The Kier molecular flexibility index (Phi) is 5.30. The molecule has 1 aromatic carbocycles. The number of hydrogen-bond acceptors (Lipinski definition) is 6. The molecule has 0 spiro atoms. The lowest BCUT2D eigenvalue weighted by molar-refractivity contribution is -0.140. The smallest absolute Gasteiger partial charge is 0.318 e. The number of ether oxygens (including phenoxy) is 1. The fraction of sp³-hybridized carbons (Fsp3) is 0.278. The number of methoxy groups -OCH3 is 1. The van der Waals surface area contributed by atoms with Crippen LogP contribution >= 0.6 is 0 Å². The molecule has 2 aromatic rings. The zero-order valence-electron chi connectivity index (χ0n) is 14.8. The van der Waals surface area contributed by atoms with Gasteiger partial charge < -0.3 is 20.7 Å². The molecule has 1 unspecified atom stereocenters. The van der Waals surface area contributed by atoms with Crippen molar-refractivity contribution in [2.24, 2.45) is 5.73 Å². The predicted octanol–water partition coefficient (Wildman–Crippen LogP) is 1.06. The van der Waals surface area contributed by atoms with Crippen molar-refractivity contribution in [3.05, 3.63) is 47.9 Å². The summed E-state index contributed by atoms with van der Waals surface area (Å²) in [5.74, 6) is -0.519. The Labute approximate surface area is 156 Å². The van der Waals surface area contributed by atoms with E-state index in [0.29, 0.717) is 17.9 Å². The molecule has 2 amide bonds. The molecule has 0 radical (unpaired) electrons. The zero-order chi connectivity index (χ0) is 19.4. The first-order valence-corrected chi connectivity index (χ1v) is 8.38. The van der Waals surface area contributed by atoms with Gasteiger partial charge in [0.2, 0.25) is 0 Å². The Balaban J connectivity index is 1.91. The standard InChI is InChI=1S/C18H20N6O3/c1-27-16(25)6-7-24-15(10-23-18(24)26)12-5-3-2-4-11(12)13-8-22-14(9-21-13)17(19)20/h2-5,8-9,15H,6-7,10H2,1H3,(H3,19,20)(H,23,26). The second kappa shape index (κ2) is 7.81. The molecular formula is C18H20N6O3. The second-order valence-corrected chi connectivity index (χ2v) is 6.01. The van der Waals surface area contributed by atoms with Gasteiger partial charge in [0, 0.05) is 18.7 Å². The van der Waals surface area contributed by atoms with Gasteiger partial charge in [-0.3, -0.25) is 15.2 Å². The highest BCUT2D eigenvalue weighted by Crippen LogP contribution is 2.32. The third kappa shape index (κ3) is 3.86. The van der Waals surface area contributed by atoms with Gasteiger partial charge in [0.25, 0.3) is 0 Å². The molecular weight excluding hydrogens is 348 g/mol. The van der Waals surface area contributed by atoms with E-state index in [4.69, 9.17) is 11.1 Å². The molecule has 2 heterocycles. The summed E-state index contributed by atoms with van der Waals surface area (Å²) in [6, 6.07) is 7.12. The number of benzene rings is 1. The predicted molar refractivity (Wildman–Crippen MR) is 98.0 cm³/mol. The summed E-state index contributed by atoms with van der Waals surface area (Å²) < 4.78 is 4.67. The number of esters is 1. The van der Waals surface area contributed by atoms with Gasteiger partial charge in [-0.2, -0.15) is 0 Å². The average molecular weight is 368 g/mol. The maximum absolute atomic E-state index is 12.2. The molecule has 1 atom stereocenters. The van der Waals surface area contributed by atoms with E-state index in [1.807, 2.05) is 24.3 Å². The van der Waals surface area contributed by atoms with Crippen molar-refractivity contribution >= 4 is 17.8 Å². The van der Waals surface area contributed by atoms with E-state index in [1.54, 1.807) is 11.1 Å². The Morgan fingerprint density at radius 3 is 2.81 bits per heavy atom. The van der Waals surface area contributed by atoms with Gasteiger partial charge >= 0.3 is 12.0 Å². The van der Waals surface area contributed by atoms with Crippen LogP contribution in [0, 0.1) is 5.41 Å². The number of rotatable bonds is 6. The maximum atomic E-state index is 12.2.